The van der Waals surface area contributed by atoms with Crippen molar-refractivity contribution in [2.75, 3.05) is 69.8 Å². The first kappa shape index (κ1) is 24.7. The Balaban J connectivity index is 2.95. The number of rotatable bonds is 16. The Morgan fingerprint density at radius 1 is 0.929 bits per heavy atom. The minimum absolute atomic E-state index is 0.159. The zero-order chi connectivity index (χ0) is 20.8. The molecule has 0 spiro atoms. The van der Waals surface area contributed by atoms with Crippen LogP contribution in [0.15, 0.2) is 18.2 Å². The van der Waals surface area contributed by atoms with E-state index in [0.717, 1.165) is 24.5 Å². The van der Waals surface area contributed by atoms with E-state index in [1.165, 1.54) is 0 Å². The molecule has 28 heavy (non-hydrogen) atoms. The maximum Gasteiger partial charge on any atom is 0.432 e. The van der Waals surface area contributed by atoms with Crippen LogP contribution in [0.4, 0.5) is 11.4 Å². The van der Waals surface area contributed by atoms with E-state index in [0.29, 0.717) is 32.1 Å². The van der Waals surface area contributed by atoms with Gasteiger partial charge >= 0.3 is 7.75 Å². The van der Waals surface area contributed by atoms with Gasteiger partial charge < -0.3 is 19.1 Å². The van der Waals surface area contributed by atoms with Gasteiger partial charge in [-0.1, -0.05) is 0 Å². The van der Waals surface area contributed by atoms with Crippen molar-refractivity contribution in [3.63, 3.8) is 0 Å². The molecule has 0 atom stereocenters. The standard InChI is InChI=1S/C19H35N2O6P/c1-6-21(7-2)18-16-17(10-11-19(18)23-5)20-28(22,26-14-12-24-8-3)27-15-13-25-9-4/h10-11,16H,6-9,12-15H2,1-5H3,(H,20,22). The molecule has 9 heteroatoms. The average molecular weight is 418 g/mol. The molecule has 8 nitrogen and oxygen atoms in total. The number of benzene rings is 1. The van der Waals surface area contributed by atoms with Crippen molar-refractivity contribution in [3.8, 4) is 5.75 Å². The van der Waals surface area contributed by atoms with Gasteiger partial charge in [0.2, 0.25) is 0 Å². The Kier molecular flexibility index (Phi) is 12.2. The third kappa shape index (κ3) is 8.37. The summed E-state index contributed by atoms with van der Waals surface area (Å²) in [4.78, 5) is 2.15. The molecule has 0 unspecified atom stereocenters. The van der Waals surface area contributed by atoms with Gasteiger partial charge in [-0.2, -0.15) is 0 Å². The molecule has 0 saturated heterocycles. The number of nitrogens with one attached hydrogen (secondary N) is 1. The van der Waals surface area contributed by atoms with Crippen LogP contribution in [-0.4, -0.2) is 59.8 Å². The summed E-state index contributed by atoms with van der Waals surface area (Å²) in [7, 11) is -1.95. The highest BCUT2D eigenvalue weighted by Crippen LogP contribution is 2.48. The minimum Gasteiger partial charge on any atom is -0.495 e. The lowest BCUT2D eigenvalue weighted by Gasteiger charge is -2.25. The number of methoxy groups -OCH3 is 1. The van der Waals surface area contributed by atoms with Gasteiger partial charge in [-0.25, -0.2) is 4.57 Å². The highest BCUT2D eigenvalue weighted by atomic mass is 31.2. The van der Waals surface area contributed by atoms with Gasteiger partial charge in [-0.3, -0.25) is 14.1 Å². The maximum atomic E-state index is 13.2. The Morgan fingerprint density at radius 3 is 1.96 bits per heavy atom. The van der Waals surface area contributed by atoms with Gasteiger partial charge in [0.05, 0.1) is 39.2 Å². The first-order valence-electron chi connectivity index (χ1n) is 9.79. The molecule has 0 heterocycles. The molecule has 0 fully saturated rings. The summed E-state index contributed by atoms with van der Waals surface area (Å²) in [5, 5.41) is 2.92. The Bertz CT molecular complexity index is 582. The predicted octanol–water partition coefficient (Wildman–Crippen LogP) is 4.17. The van der Waals surface area contributed by atoms with Gasteiger partial charge in [0, 0.05) is 32.0 Å². The highest BCUT2D eigenvalue weighted by molar-refractivity contribution is 7.55. The molecule has 0 saturated carbocycles. The number of hydrogen-bond acceptors (Lipinski definition) is 7. The summed E-state index contributed by atoms with van der Waals surface area (Å²) in [6.07, 6.45) is 0. The van der Waals surface area contributed by atoms with E-state index in [-0.39, 0.29) is 13.2 Å². The third-order valence-corrected chi connectivity index (χ3v) is 5.51. The molecule has 162 valence electrons. The Labute approximate surface area is 169 Å². The summed E-state index contributed by atoms with van der Waals surface area (Å²) >= 11 is 0. The van der Waals surface area contributed by atoms with E-state index in [1.807, 2.05) is 26.0 Å². The molecular formula is C19H35N2O6P. The normalized spacial score (nSPS) is 11.5. The smallest absolute Gasteiger partial charge is 0.432 e. The molecule has 1 rings (SSSR count). The number of nitrogens with zero attached hydrogens (tertiary/aromatic N) is 1. The van der Waals surface area contributed by atoms with Crippen LogP contribution >= 0.6 is 7.75 Å². The zero-order valence-corrected chi connectivity index (χ0v) is 18.6. The van der Waals surface area contributed by atoms with Gasteiger partial charge in [-0.05, 0) is 45.9 Å². The molecule has 1 aromatic carbocycles. The fourth-order valence-electron chi connectivity index (χ4n) is 2.55. The van der Waals surface area contributed by atoms with Crippen LogP contribution in [0.25, 0.3) is 0 Å². The summed E-state index contributed by atoms with van der Waals surface area (Å²) in [5.74, 6) is 0.749. The van der Waals surface area contributed by atoms with E-state index < -0.39 is 7.75 Å². The van der Waals surface area contributed by atoms with Crippen molar-refractivity contribution in [3.05, 3.63) is 18.2 Å². The lowest BCUT2D eigenvalue weighted by molar-refractivity contribution is 0.0825. The molecule has 0 aromatic heterocycles. The quantitative estimate of drug-likeness (QED) is 0.317. The molecule has 1 aromatic rings. The highest BCUT2D eigenvalue weighted by Gasteiger charge is 2.26. The topological polar surface area (TPSA) is 78.5 Å². The van der Waals surface area contributed by atoms with Crippen LogP contribution in [0.1, 0.15) is 27.7 Å². The summed E-state index contributed by atoms with van der Waals surface area (Å²) in [6.45, 7) is 11.7. The second kappa shape index (κ2) is 13.8. The summed E-state index contributed by atoms with van der Waals surface area (Å²) in [6, 6.07) is 5.51. The summed E-state index contributed by atoms with van der Waals surface area (Å²) in [5.41, 5.74) is 1.53. The van der Waals surface area contributed by atoms with Crippen LogP contribution < -0.4 is 14.7 Å². The van der Waals surface area contributed by atoms with Gasteiger partial charge in [0.25, 0.3) is 0 Å². The lowest BCUT2D eigenvalue weighted by atomic mass is 10.2. The SMILES string of the molecule is CCOCCOP(=O)(Nc1ccc(OC)c(N(CC)CC)c1)OCCOCC. The number of anilines is 2. The number of ether oxygens (including phenoxy) is 3. The molecule has 0 aliphatic carbocycles. The average Bonchev–Trinajstić information content (AvgIpc) is 2.70. The van der Waals surface area contributed by atoms with Crippen LogP contribution in [0, 0.1) is 0 Å². The van der Waals surface area contributed by atoms with Crippen molar-refractivity contribution in [2.45, 2.75) is 27.7 Å². The first-order chi connectivity index (χ1) is 13.5. The number of hydrogen-bond donors (Lipinski definition) is 1. The maximum absolute atomic E-state index is 13.2. The van der Waals surface area contributed by atoms with Gasteiger partial charge in [0.1, 0.15) is 5.75 Å². The van der Waals surface area contributed by atoms with Crippen LogP contribution in [0.2, 0.25) is 0 Å². The van der Waals surface area contributed by atoms with Gasteiger partial charge in [-0.15, -0.1) is 0 Å². The molecule has 0 amide bonds. The fourth-order valence-corrected chi connectivity index (χ4v) is 3.84. The van der Waals surface area contributed by atoms with E-state index in [4.69, 9.17) is 23.3 Å². The molecule has 1 N–H and O–H groups in total. The van der Waals surface area contributed by atoms with Crippen molar-refractivity contribution in [1.82, 2.24) is 0 Å². The fraction of sp³-hybridized carbons (Fsp3) is 0.684. The third-order valence-electron chi connectivity index (χ3n) is 3.94. The molecular weight excluding hydrogens is 383 g/mol. The Morgan fingerprint density at radius 2 is 1.50 bits per heavy atom. The lowest BCUT2D eigenvalue weighted by Crippen LogP contribution is -2.22. The van der Waals surface area contributed by atoms with Crippen LogP contribution in [-0.2, 0) is 23.1 Å². The van der Waals surface area contributed by atoms with E-state index in [2.05, 4.69) is 23.8 Å². The molecule has 0 bridgehead atoms. The van der Waals surface area contributed by atoms with Crippen LogP contribution in [0.5, 0.6) is 5.75 Å². The van der Waals surface area contributed by atoms with E-state index >= 15 is 0 Å². The predicted molar refractivity (Wildman–Crippen MR) is 113 cm³/mol. The van der Waals surface area contributed by atoms with E-state index in [9.17, 15) is 4.57 Å². The van der Waals surface area contributed by atoms with Crippen molar-refractivity contribution in [1.29, 1.82) is 0 Å². The van der Waals surface area contributed by atoms with E-state index in [1.54, 1.807) is 13.2 Å². The molecule has 0 radical (unpaired) electrons. The zero-order valence-electron chi connectivity index (χ0n) is 17.7. The Hall–Kier alpha value is -1.31. The van der Waals surface area contributed by atoms with Gasteiger partial charge in [0.15, 0.2) is 0 Å². The minimum atomic E-state index is -3.58. The van der Waals surface area contributed by atoms with Crippen molar-refractivity contribution < 1.29 is 27.8 Å². The van der Waals surface area contributed by atoms with Crippen molar-refractivity contribution >= 4 is 19.1 Å². The summed E-state index contributed by atoms with van der Waals surface area (Å²) < 4.78 is 40.2. The van der Waals surface area contributed by atoms with Crippen LogP contribution in [0.3, 0.4) is 0 Å². The first-order valence-corrected chi connectivity index (χ1v) is 11.3. The second-order valence-electron chi connectivity index (χ2n) is 5.73. The van der Waals surface area contributed by atoms with Crippen molar-refractivity contribution in [2.24, 2.45) is 0 Å². The second-order valence-corrected chi connectivity index (χ2v) is 7.46. The molecule has 0 aliphatic rings. The molecule has 0 aliphatic heterocycles. The monoisotopic (exact) mass is 418 g/mol. The largest absolute Gasteiger partial charge is 0.495 e.